The zero-order valence-corrected chi connectivity index (χ0v) is 9.95. The second-order valence-electron chi connectivity index (χ2n) is 4.83. The standard InChI is InChI=1S/C12H23NO2/c1-10-8-11(9-12(14-2)15-10)13-6-4-3-5-7-13/h10-12H,3-9H2,1-2H3. The molecule has 0 aliphatic carbocycles. The Morgan fingerprint density at radius 3 is 2.53 bits per heavy atom. The van der Waals surface area contributed by atoms with Crippen LogP contribution in [0.4, 0.5) is 0 Å². The molecule has 2 heterocycles. The van der Waals surface area contributed by atoms with Crippen LogP contribution in [-0.2, 0) is 9.47 Å². The molecule has 0 N–H and O–H groups in total. The Balaban J connectivity index is 1.89. The van der Waals surface area contributed by atoms with Gasteiger partial charge in [0, 0.05) is 19.6 Å². The van der Waals surface area contributed by atoms with Gasteiger partial charge in [-0.25, -0.2) is 0 Å². The van der Waals surface area contributed by atoms with Gasteiger partial charge in [-0.15, -0.1) is 0 Å². The first kappa shape index (κ1) is 11.4. The number of ether oxygens (including phenoxy) is 2. The Bertz CT molecular complexity index is 192. The van der Waals surface area contributed by atoms with E-state index in [-0.39, 0.29) is 6.29 Å². The van der Waals surface area contributed by atoms with Gasteiger partial charge < -0.3 is 14.4 Å². The second-order valence-corrected chi connectivity index (χ2v) is 4.83. The predicted octanol–water partition coefficient (Wildman–Crippen LogP) is 2.01. The summed E-state index contributed by atoms with van der Waals surface area (Å²) in [6.45, 7) is 4.70. The van der Waals surface area contributed by atoms with Crippen molar-refractivity contribution in [3.05, 3.63) is 0 Å². The van der Waals surface area contributed by atoms with Gasteiger partial charge in [-0.3, -0.25) is 0 Å². The maximum absolute atomic E-state index is 5.71. The van der Waals surface area contributed by atoms with Gasteiger partial charge in [-0.1, -0.05) is 6.42 Å². The van der Waals surface area contributed by atoms with Gasteiger partial charge in [0.15, 0.2) is 6.29 Å². The first-order valence-electron chi connectivity index (χ1n) is 6.22. The second kappa shape index (κ2) is 5.28. The molecular weight excluding hydrogens is 190 g/mol. The summed E-state index contributed by atoms with van der Waals surface area (Å²) in [5.74, 6) is 0. The molecule has 0 aromatic heterocycles. The SMILES string of the molecule is COC1CC(N2CCCCC2)CC(C)O1. The minimum atomic E-state index is 0.0145. The van der Waals surface area contributed by atoms with Gasteiger partial charge in [0.2, 0.25) is 0 Å². The molecule has 3 unspecified atom stereocenters. The van der Waals surface area contributed by atoms with Crippen LogP contribution in [-0.4, -0.2) is 43.5 Å². The Labute approximate surface area is 92.7 Å². The van der Waals surface area contributed by atoms with E-state index in [1.54, 1.807) is 7.11 Å². The van der Waals surface area contributed by atoms with E-state index in [1.807, 2.05) is 0 Å². The van der Waals surface area contributed by atoms with E-state index in [2.05, 4.69) is 11.8 Å². The number of piperidine rings is 1. The highest BCUT2D eigenvalue weighted by Crippen LogP contribution is 2.26. The van der Waals surface area contributed by atoms with Crippen molar-refractivity contribution in [2.75, 3.05) is 20.2 Å². The maximum atomic E-state index is 5.71. The molecule has 3 heteroatoms. The molecule has 2 aliphatic heterocycles. The van der Waals surface area contributed by atoms with Crippen LogP contribution in [0.25, 0.3) is 0 Å². The zero-order chi connectivity index (χ0) is 10.7. The van der Waals surface area contributed by atoms with Crippen LogP contribution in [0.3, 0.4) is 0 Å². The largest absolute Gasteiger partial charge is 0.356 e. The van der Waals surface area contributed by atoms with Gasteiger partial charge in [-0.2, -0.15) is 0 Å². The summed E-state index contributed by atoms with van der Waals surface area (Å²) in [6, 6.07) is 0.680. The maximum Gasteiger partial charge on any atom is 0.159 e. The fraction of sp³-hybridized carbons (Fsp3) is 1.00. The number of hydrogen-bond acceptors (Lipinski definition) is 3. The van der Waals surface area contributed by atoms with E-state index in [1.165, 1.54) is 38.8 Å². The lowest BCUT2D eigenvalue weighted by Crippen LogP contribution is -2.47. The molecule has 0 bridgehead atoms. The summed E-state index contributed by atoms with van der Waals surface area (Å²) >= 11 is 0. The predicted molar refractivity (Wildman–Crippen MR) is 59.8 cm³/mol. The monoisotopic (exact) mass is 213 g/mol. The van der Waals surface area contributed by atoms with Gasteiger partial charge in [0.1, 0.15) is 0 Å². The molecule has 0 aromatic rings. The van der Waals surface area contributed by atoms with E-state index in [0.717, 1.165) is 6.42 Å². The molecule has 0 amide bonds. The van der Waals surface area contributed by atoms with E-state index in [9.17, 15) is 0 Å². The number of likely N-dealkylation sites (tertiary alicyclic amines) is 1. The van der Waals surface area contributed by atoms with Crippen LogP contribution < -0.4 is 0 Å². The third-order valence-electron chi connectivity index (χ3n) is 3.62. The van der Waals surface area contributed by atoms with Crippen LogP contribution in [0.1, 0.15) is 39.0 Å². The fourth-order valence-corrected chi connectivity index (χ4v) is 2.81. The summed E-state index contributed by atoms with van der Waals surface area (Å²) in [7, 11) is 1.75. The van der Waals surface area contributed by atoms with Crippen molar-refractivity contribution in [2.45, 2.75) is 57.5 Å². The van der Waals surface area contributed by atoms with Crippen LogP contribution in [0, 0.1) is 0 Å². The molecule has 2 aliphatic rings. The summed E-state index contributed by atoms with van der Waals surface area (Å²) in [5, 5.41) is 0. The smallest absolute Gasteiger partial charge is 0.159 e. The third kappa shape index (κ3) is 2.92. The Morgan fingerprint density at radius 1 is 1.13 bits per heavy atom. The molecule has 88 valence electrons. The topological polar surface area (TPSA) is 21.7 Å². The highest BCUT2D eigenvalue weighted by molar-refractivity contribution is 4.81. The normalized spacial score (nSPS) is 39.2. The molecule has 2 fully saturated rings. The minimum absolute atomic E-state index is 0.0145. The first-order valence-corrected chi connectivity index (χ1v) is 6.22. The van der Waals surface area contributed by atoms with E-state index in [4.69, 9.17) is 9.47 Å². The number of methoxy groups -OCH3 is 1. The van der Waals surface area contributed by atoms with Gasteiger partial charge in [0.25, 0.3) is 0 Å². The Morgan fingerprint density at radius 2 is 1.87 bits per heavy atom. The molecule has 0 saturated carbocycles. The van der Waals surface area contributed by atoms with Crippen molar-refractivity contribution in [2.24, 2.45) is 0 Å². The molecule has 2 rings (SSSR count). The van der Waals surface area contributed by atoms with E-state index < -0.39 is 0 Å². The highest BCUT2D eigenvalue weighted by atomic mass is 16.7. The van der Waals surface area contributed by atoms with Crippen molar-refractivity contribution < 1.29 is 9.47 Å². The molecule has 0 aromatic carbocycles. The first-order chi connectivity index (χ1) is 7.29. The average Bonchev–Trinajstić information content (AvgIpc) is 2.29. The van der Waals surface area contributed by atoms with Crippen LogP contribution in [0.2, 0.25) is 0 Å². The van der Waals surface area contributed by atoms with Gasteiger partial charge in [0.05, 0.1) is 6.10 Å². The van der Waals surface area contributed by atoms with Crippen molar-refractivity contribution in [3.8, 4) is 0 Å². The molecule has 3 nitrogen and oxygen atoms in total. The van der Waals surface area contributed by atoms with Crippen molar-refractivity contribution >= 4 is 0 Å². The third-order valence-corrected chi connectivity index (χ3v) is 3.62. The lowest BCUT2D eigenvalue weighted by molar-refractivity contribution is -0.191. The van der Waals surface area contributed by atoms with Crippen molar-refractivity contribution in [1.82, 2.24) is 4.90 Å². The lowest BCUT2D eigenvalue weighted by Gasteiger charge is -2.41. The number of nitrogens with zero attached hydrogens (tertiary/aromatic N) is 1. The van der Waals surface area contributed by atoms with Crippen LogP contribution >= 0.6 is 0 Å². The fourth-order valence-electron chi connectivity index (χ4n) is 2.81. The zero-order valence-electron chi connectivity index (χ0n) is 9.95. The quantitative estimate of drug-likeness (QED) is 0.700. The molecule has 2 saturated heterocycles. The Kier molecular flexibility index (Phi) is 4.00. The van der Waals surface area contributed by atoms with Gasteiger partial charge in [-0.05, 0) is 39.3 Å². The number of hydrogen-bond donors (Lipinski definition) is 0. The summed E-state index contributed by atoms with van der Waals surface area (Å²) in [6.07, 6.45) is 6.70. The lowest BCUT2D eigenvalue weighted by atomic mass is 9.98. The summed E-state index contributed by atoms with van der Waals surface area (Å²) in [4.78, 5) is 2.63. The molecular formula is C12H23NO2. The number of rotatable bonds is 2. The highest BCUT2D eigenvalue weighted by Gasteiger charge is 2.31. The van der Waals surface area contributed by atoms with E-state index >= 15 is 0 Å². The van der Waals surface area contributed by atoms with Crippen molar-refractivity contribution in [1.29, 1.82) is 0 Å². The minimum Gasteiger partial charge on any atom is -0.356 e. The molecule has 0 spiro atoms. The Hall–Kier alpha value is -0.120. The van der Waals surface area contributed by atoms with Crippen LogP contribution in [0.5, 0.6) is 0 Å². The van der Waals surface area contributed by atoms with E-state index in [0.29, 0.717) is 12.1 Å². The van der Waals surface area contributed by atoms with Gasteiger partial charge >= 0.3 is 0 Å². The molecule has 0 radical (unpaired) electrons. The molecule has 15 heavy (non-hydrogen) atoms. The van der Waals surface area contributed by atoms with Crippen LogP contribution in [0.15, 0.2) is 0 Å². The summed E-state index contributed by atoms with van der Waals surface area (Å²) in [5.41, 5.74) is 0. The average molecular weight is 213 g/mol. The molecule has 3 atom stereocenters. The summed E-state index contributed by atoms with van der Waals surface area (Å²) < 4.78 is 11.0. The van der Waals surface area contributed by atoms with Crippen molar-refractivity contribution in [3.63, 3.8) is 0 Å².